The van der Waals surface area contributed by atoms with Crippen LogP contribution in [0, 0.1) is 27.7 Å². The maximum Gasteiger partial charge on any atom is 0.0543 e. The van der Waals surface area contributed by atoms with Crippen molar-refractivity contribution in [3.8, 4) is 22.3 Å². The van der Waals surface area contributed by atoms with Crippen molar-refractivity contribution in [3.63, 3.8) is 0 Å². The summed E-state index contributed by atoms with van der Waals surface area (Å²) in [6, 6.07) is 64.0. The summed E-state index contributed by atoms with van der Waals surface area (Å²) in [6.45, 7) is 18.5. The van der Waals surface area contributed by atoms with Crippen molar-refractivity contribution < 1.29 is 0 Å². The van der Waals surface area contributed by atoms with Gasteiger partial charge in [-0.3, -0.25) is 0 Å². The Morgan fingerprint density at radius 3 is 0.887 bits per heavy atom. The van der Waals surface area contributed by atoms with Gasteiger partial charge in [0.2, 0.25) is 0 Å². The van der Waals surface area contributed by atoms with E-state index in [0.717, 1.165) is 22.7 Å². The number of rotatable bonds is 6. The van der Waals surface area contributed by atoms with Crippen LogP contribution in [0.1, 0.15) is 72.2 Å². The summed E-state index contributed by atoms with van der Waals surface area (Å²) in [4.78, 5) is 4.93. The van der Waals surface area contributed by atoms with Gasteiger partial charge >= 0.3 is 0 Å². The van der Waals surface area contributed by atoms with Crippen molar-refractivity contribution in [2.75, 3.05) is 9.80 Å². The molecule has 2 aliphatic rings. The average molecular weight is 801 g/mol. The Hall–Kier alpha value is -6.90. The van der Waals surface area contributed by atoms with Gasteiger partial charge in [0, 0.05) is 44.4 Å². The zero-order valence-electron chi connectivity index (χ0n) is 37.1. The van der Waals surface area contributed by atoms with E-state index in [-0.39, 0.29) is 10.8 Å². The van der Waals surface area contributed by atoms with Crippen molar-refractivity contribution >= 4 is 55.7 Å². The molecule has 2 nitrogen and oxygen atoms in total. The fraction of sp³-hybridized carbons (Fsp3) is 0.167. The average Bonchev–Trinajstić information content (AvgIpc) is 3.65. The normalized spacial score (nSPS) is 14.1. The maximum absolute atomic E-state index is 2.52. The molecule has 0 saturated carbocycles. The second kappa shape index (κ2) is 13.8. The summed E-state index contributed by atoms with van der Waals surface area (Å²) in [5.41, 5.74) is 22.6. The minimum Gasteiger partial charge on any atom is -0.310 e. The van der Waals surface area contributed by atoms with E-state index in [2.05, 4.69) is 235 Å². The molecule has 11 rings (SSSR count). The minimum atomic E-state index is -0.283. The summed E-state index contributed by atoms with van der Waals surface area (Å²) >= 11 is 0. The van der Waals surface area contributed by atoms with Crippen LogP contribution in [0.4, 0.5) is 34.1 Å². The topological polar surface area (TPSA) is 6.48 Å². The molecule has 0 aromatic heterocycles. The molecule has 9 aromatic carbocycles. The number of fused-ring (bicyclic) bond motifs is 11. The molecular weight excluding hydrogens is 749 g/mol. The molecule has 0 unspecified atom stereocenters. The first-order valence-electron chi connectivity index (χ1n) is 22.1. The Morgan fingerprint density at radius 1 is 0.323 bits per heavy atom. The Labute approximate surface area is 366 Å². The largest absolute Gasteiger partial charge is 0.310 e. The molecule has 9 aromatic rings. The van der Waals surface area contributed by atoms with Gasteiger partial charge in [0.15, 0.2) is 0 Å². The molecule has 0 saturated heterocycles. The first kappa shape index (κ1) is 38.1. The highest BCUT2D eigenvalue weighted by Gasteiger charge is 2.47. The van der Waals surface area contributed by atoms with Crippen LogP contribution in [0.15, 0.2) is 170 Å². The number of benzene rings is 9. The predicted molar refractivity (Wildman–Crippen MR) is 265 cm³/mol. The fourth-order valence-electron chi connectivity index (χ4n) is 10.9. The van der Waals surface area contributed by atoms with Gasteiger partial charge in [-0.2, -0.15) is 0 Å². The van der Waals surface area contributed by atoms with E-state index < -0.39 is 0 Å². The third-order valence-electron chi connectivity index (χ3n) is 14.0. The van der Waals surface area contributed by atoms with Crippen LogP contribution in [0.25, 0.3) is 43.8 Å². The first-order valence-corrected chi connectivity index (χ1v) is 22.1. The standard InChI is InChI=1S/C60H52N2/c1-37-17-25-41(26-18-37)61(42-27-19-38(2)20-28-42)53-35-51-55(47-15-11-9-13-45(47)53)49-33-34-50-56-48-16-12-10-14-46(48)54(36-52(56)60(7,8)58(50)57(49)59(51,5)6)62(43-29-21-39(3)22-30-43)44-31-23-40(4)24-32-44/h9-36H,1-8H3. The third kappa shape index (κ3) is 5.62. The van der Waals surface area contributed by atoms with Gasteiger partial charge in [0.05, 0.1) is 11.4 Å². The molecule has 0 heterocycles. The zero-order valence-corrected chi connectivity index (χ0v) is 37.1. The molecule has 0 radical (unpaired) electrons. The molecule has 2 heteroatoms. The van der Waals surface area contributed by atoms with E-state index in [1.807, 2.05) is 0 Å². The SMILES string of the molecule is Cc1ccc(N(c2ccc(C)cc2)c2cc3c(c4ccccc24)-c2ccc4c(c2C3(C)C)C(C)(C)c2cc(N(c3ccc(C)cc3)c3ccc(C)cc3)c3ccccc3c2-4)cc1. The van der Waals surface area contributed by atoms with Crippen LogP contribution < -0.4 is 9.80 Å². The van der Waals surface area contributed by atoms with E-state index in [1.54, 1.807) is 0 Å². The highest BCUT2D eigenvalue weighted by molar-refractivity contribution is 6.13. The molecule has 302 valence electrons. The second-order valence-electron chi connectivity index (χ2n) is 18.9. The van der Waals surface area contributed by atoms with Gasteiger partial charge in [-0.1, -0.05) is 159 Å². The van der Waals surface area contributed by atoms with Crippen molar-refractivity contribution in [2.24, 2.45) is 0 Å². The molecule has 0 bridgehead atoms. The number of anilines is 6. The van der Waals surface area contributed by atoms with Crippen molar-refractivity contribution in [2.45, 2.75) is 66.2 Å². The molecule has 0 N–H and O–H groups in total. The van der Waals surface area contributed by atoms with Gasteiger partial charge in [0.1, 0.15) is 0 Å². The molecule has 0 fully saturated rings. The first-order chi connectivity index (χ1) is 29.9. The summed E-state index contributed by atoms with van der Waals surface area (Å²) in [7, 11) is 0. The number of hydrogen-bond acceptors (Lipinski definition) is 2. The Balaban J connectivity index is 1.15. The summed E-state index contributed by atoms with van der Waals surface area (Å²) in [5, 5.41) is 5.09. The Morgan fingerprint density at radius 2 is 0.597 bits per heavy atom. The van der Waals surface area contributed by atoms with E-state index in [0.29, 0.717) is 0 Å². The number of nitrogens with zero attached hydrogens (tertiary/aromatic N) is 2. The molecule has 2 aliphatic carbocycles. The highest BCUT2D eigenvalue weighted by Crippen LogP contribution is 2.63. The van der Waals surface area contributed by atoms with Crippen molar-refractivity contribution in [1.82, 2.24) is 0 Å². The van der Waals surface area contributed by atoms with Crippen molar-refractivity contribution in [3.05, 3.63) is 214 Å². The van der Waals surface area contributed by atoms with E-state index in [9.17, 15) is 0 Å². The van der Waals surface area contributed by atoms with E-state index in [4.69, 9.17) is 0 Å². The van der Waals surface area contributed by atoms with Crippen molar-refractivity contribution in [1.29, 1.82) is 0 Å². The molecule has 0 atom stereocenters. The predicted octanol–water partition coefficient (Wildman–Crippen LogP) is 16.8. The lowest BCUT2D eigenvalue weighted by molar-refractivity contribution is 0.601. The maximum atomic E-state index is 2.52. The zero-order chi connectivity index (χ0) is 42.7. The fourth-order valence-corrected chi connectivity index (χ4v) is 10.9. The summed E-state index contributed by atoms with van der Waals surface area (Å²) < 4.78 is 0. The Bertz CT molecular complexity index is 2930. The van der Waals surface area contributed by atoms with Gasteiger partial charge in [0.25, 0.3) is 0 Å². The molecule has 0 amide bonds. The molecular formula is C60H52N2. The molecule has 0 spiro atoms. The summed E-state index contributed by atoms with van der Waals surface area (Å²) in [5.74, 6) is 0. The lowest BCUT2D eigenvalue weighted by atomic mass is 9.72. The van der Waals surface area contributed by atoms with Gasteiger partial charge in [-0.15, -0.1) is 0 Å². The van der Waals surface area contributed by atoms with Crippen LogP contribution in [-0.4, -0.2) is 0 Å². The quantitative estimate of drug-likeness (QED) is 0.165. The van der Waals surface area contributed by atoms with Gasteiger partial charge in [-0.25, -0.2) is 0 Å². The van der Waals surface area contributed by atoms with Crippen LogP contribution in [0.3, 0.4) is 0 Å². The Kier molecular flexibility index (Phi) is 8.48. The smallest absolute Gasteiger partial charge is 0.0543 e. The van der Waals surface area contributed by atoms with Crippen LogP contribution in [0.5, 0.6) is 0 Å². The molecule has 62 heavy (non-hydrogen) atoms. The van der Waals surface area contributed by atoms with E-state index in [1.165, 1.54) is 99.7 Å². The lowest BCUT2D eigenvalue weighted by Gasteiger charge is -2.32. The highest BCUT2D eigenvalue weighted by atomic mass is 15.1. The monoisotopic (exact) mass is 800 g/mol. The van der Waals surface area contributed by atoms with Crippen LogP contribution in [0.2, 0.25) is 0 Å². The van der Waals surface area contributed by atoms with Crippen LogP contribution in [-0.2, 0) is 10.8 Å². The van der Waals surface area contributed by atoms with Crippen LogP contribution >= 0.6 is 0 Å². The number of aryl methyl sites for hydroxylation is 4. The number of hydrogen-bond donors (Lipinski definition) is 0. The second-order valence-corrected chi connectivity index (χ2v) is 18.9. The summed E-state index contributed by atoms with van der Waals surface area (Å²) in [6.07, 6.45) is 0. The molecule has 0 aliphatic heterocycles. The lowest BCUT2D eigenvalue weighted by Crippen LogP contribution is -2.24. The van der Waals surface area contributed by atoms with Gasteiger partial charge < -0.3 is 9.80 Å². The third-order valence-corrected chi connectivity index (χ3v) is 14.0. The van der Waals surface area contributed by atoms with Gasteiger partial charge in [-0.05, 0) is 144 Å². The van der Waals surface area contributed by atoms with E-state index >= 15 is 0 Å². The minimum absolute atomic E-state index is 0.283.